The first-order valence-corrected chi connectivity index (χ1v) is 8.21. The van der Waals surface area contributed by atoms with Gasteiger partial charge in [-0.3, -0.25) is 0 Å². The maximum absolute atomic E-state index is 12.2. The van der Waals surface area contributed by atoms with Crippen LogP contribution in [0.15, 0.2) is 0 Å². The molecule has 2 fully saturated rings. The van der Waals surface area contributed by atoms with Crippen molar-refractivity contribution in [3.05, 3.63) is 0 Å². The summed E-state index contributed by atoms with van der Waals surface area (Å²) in [6, 6.07) is 0. The van der Waals surface area contributed by atoms with E-state index in [-0.39, 0.29) is 11.5 Å². The summed E-state index contributed by atoms with van der Waals surface area (Å²) < 4.78 is 26.1. The molecule has 1 saturated carbocycles. The summed E-state index contributed by atoms with van der Waals surface area (Å²) in [4.78, 5) is 0. The largest absolute Gasteiger partial charge is 0.329 e. The van der Waals surface area contributed by atoms with E-state index in [1.54, 1.807) is 4.31 Å². The molecule has 2 N–H and O–H groups in total. The molecule has 2 aliphatic rings. The minimum atomic E-state index is -3.07. The van der Waals surface area contributed by atoms with Crippen LogP contribution in [0.1, 0.15) is 39.5 Å². The Kier molecular flexibility index (Phi) is 3.54. The Morgan fingerprint density at radius 3 is 2.24 bits per heavy atom. The summed E-state index contributed by atoms with van der Waals surface area (Å²) in [5, 5.41) is 0. The molecule has 1 atom stereocenters. The Labute approximate surface area is 105 Å². The first kappa shape index (κ1) is 13.3. The van der Waals surface area contributed by atoms with E-state index in [1.165, 1.54) is 0 Å². The molecule has 0 aromatic heterocycles. The third-order valence-corrected chi connectivity index (χ3v) is 6.62. The minimum Gasteiger partial charge on any atom is -0.329 e. The van der Waals surface area contributed by atoms with Crippen LogP contribution in [0.5, 0.6) is 0 Å². The molecule has 0 radical (unpaired) electrons. The molecule has 4 nitrogen and oxygen atoms in total. The summed E-state index contributed by atoms with van der Waals surface area (Å²) in [7, 11) is -3.07. The van der Waals surface area contributed by atoms with Crippen LogP contribution < -0.4 is 5.73 Å². The Morgan fingerprint density at radius 2 is 1.82 bits per heavy atom. The monoisotopic (exact) mass is 260 g/mol. The van der Waals surface area contributed by atoms with Crippen molar-refractivity contribution in [1.29, 1.82) is 0 Å². The van der Waals surface area contributed by atoms with Gasteiger partial charge in [-0.2, -0.15) is 4.31 Å². The fourth-order valence-corrected chi connectivity index (χ4v) is 5.58. The third kappa shape index (κ3) is 2.37. The van der Waals surface area contributed by atoms with Gasteiger partial charge >= 0.3 is 0 Å². The predicted octanol–water partition coefficient (Wildman–Crippen LogP) is 1.18. The van der Waals surface area contributed by atoms with Gasteiger partial charge in [-0.15, -0.1) is 0 Å². The second-order valence-electron chi connectivity index (χ2n) is 6.03. The zero-order valence-corrected chi connectivity index (χ0v) is 11.7. The van der Waals surface area contributed by atoms with Crippen LogP contribution >= 0.6 is 0 Å². The minimum absolute atomic E-state index is 0.239. The lowest BCUT2D eigenvalue weighted by Gasteiger charge is -2.44. The van der Waals surface area contributed by atoms with Gasteiger partial charge in [-0.05, 0) is 37.5 Å². The smallest absolute Gasteiger partial charge is 0.214 e. The molecule has 1 aliphatic heterocycles. The highest BCUT2D eigenvalue weighted by Gasteiger charge is 2.48. The van der Waals surface area contributed by atoms with Gasteiger partial charge in [-0.25, -0.2) is 8.42 Å². The number of rotatable bonds is 2. The Balaban J connectivity index is 2.24. The molecule has 1 heterocycles. The molecule has 17 heavy (non-hydrogen) atoms. The van der Waals surface area contributed by atoms with Crippen LogP contribution in [-0.4, -0.2) is 37.1 Å². The van der Waals surface area contributed by atoms with Gasteiger partial charge in [-0.1, -0.05) is 13.8 Å². The molecule has 1 unspecified atom stereocenters. The van der Waals surface area contributed by atoms with Crippen molar-refractivity contribution in [1.82, 2.24) is 4.31 Å². The summed E-state index contributed by atoms with van der Waals surface area (Å²) in [5.74, 6) is 1.24. The van der Waals surface area contributed by atoms with Crippen molar-refractivity contribution in [3.8, 4) is 0 Å². The first-order chi connectivity index (χ1) is 7.89. The van der Waals surface area contributed by atoms with E-state index >= 15 is 0 Å². The van der Waals surface area contributed by atoms with Crippen LogP contribution in [0.4, 0.5) is 0 Å². The van der Waals surface area contributed by atoms with E-state index in [9.17, 15) is 8.42 Å². The van der Waals surface area contributed by atoms with E-state index in [0.29, 0.717) is 24.8 Å². The van der Waals surface area contributed by atoms with Crippen LogP contribution in [0.25, 0.3) is 0 Å². The highest BCUT2D eigenvalue weighted by atomic mass is 32.2. The Hall–Kier alpha value is -0.130. The van der Waals surface area contributed by atoms with Crippen molar-refractivity contribution in [2.24, 2.45) is 17.6 Å². The molecule has 2 rings (SSSR count). The van der Waals surface area contributed by atoms with E-state index < -0.39 is 10.0 Å². The van der Waals surface area contributed by atoms with Gasteiger partial charge in [0, 0.05) is 18.6 Å². The molecule has 5 heteroatoms. The zero-order chi connectivity index (χ0) is 12.7. The maximum Gasteiger partial charge on any atom is 0.214 e. The van der Waals surface area contributed by atoms with Crippen molar-refractivity contribution in [3.63, 3.8) is 0 Å². The number of nitrogens with two attached hydrogens (primary N) is 1. The van der Waals surface area contributed by atoms with Crippen molar-refractivity contribution in [2.45, 2.75) is 45.1 Å². The summed E-state index contributed by atoms with van der Waals surface area (Å²) >= 11 is 0. The quantitative estimate of drug-likeness (QED) is 0.811. The number of sulfonamides is 1. The normalized spacial score (nSPS) is 42.8. The average molecular weight is 260 g/mol. The second-order valence-corrected chi connectivity index (χ2v) is 7.96. The SMILES string of the molecule is CC1CCC(CN)(N2CC(C)CS2(=O)=O)CC1. The van der Waals surface area contributed by atoms with Crippen molar-refractivity contribution >= 4 is 10.0 Å². The standard InChI is InChI=1S/C12H24N2O2S/c1-10-3-5-12(9-13,6-4-10)14-7-11(2)8-17(14,15)16/h10-11H,3-9,13H2,1-2H3. The highest BCUT2D eigenvalue weighted by Crippen LogP contribution is 2.40. The number of hydrogen-bond acceptors (Lipinski definition) is 3. The zero-order valence-electron chi connectivity index (χ0n) is 10.9. The van der Waals surface area contributed by atoms with Gasteiger partial charge in [0.1, 0.15) is 0 Å². The van der Waals surface area contributed by atoms with Crippen molar-refractivity contribution < 1.29 is 8.42 Å². The third-order valence-electron chi connectivity index (χ3n) is 4.42. The lowest BCUT2D eigenvalue weighted by molar-refractivity contribution is 0.117. The van der Waals surface area contributed by atoms with E-state index in [1.807, 2.05) is 6.92 Å². The molecule has 0 bridgehead atoms. The van der Waals surface area contributed by atoms with Crippen LogP contribution in [0, 0.1) is 11.8 Å². The second kappa shape index (κ2) is 4.52. The number of hydrogen-bond donors (Lipinski definition) is 1. The maximum atomic E-state index is 12.2. The summed E-state index contributed by atoms with van der Waals surface area (Å²) in [5.41, 5.74) is 5.64. The Morgan fingerprint density at radius 1 is 1.24 bits per heavy atom. The molecular weight excluding hydrogens is 236 g/mol. The highest BCUT2D eigenvalue weighted by molar-refractivity contribution is 7.89. The molecule has 1 saturated heterocycles. The predicted molar refractivity (Wildman–Crippen MR) is 69.1 cm³/mol. The van der Waals surface area contributed by atoms with Gasteiger partial charge in [0.2, 0.25) is 10.0 Å². The van der Waals surface area contributed by atoms with Crippen LogP contribution in [-0.2, 0) is 10.0 Å². The van der Waals surface area contributed by atoms with E-state index in [0.717, 1.165) is 25.7 Å². The summed E-state index contributed by atoms with van der Waals surface area (Å²) in [6.07, 6.45) is 4.04. The molecule has 0 spiro atoms. The van der Waals surface area contributed by atoms with Gasteiger partial charge in [0.25, 0.3) is 0 Å². The fraction of sp³-hybridized carbons (Fsp3) is 1.00. The van der Waals surface area contributed by atoms with E-state index in [4.69, 9.17) is 5.73 Å². The lowest BCUT2D eigenvalue weighted by atomic mass is 9.77. The molecule has 0 aromatic carbocycles. The van der Waals surface area contributed by atoms with Gasteiger partial charge in [0.05, 0.1) is 5.75 Å². The van der Waals surface area contributed by atoms with Crippen LogP contribution in [0.2, 0.25) is 0 Å². The van der Waals surface area contributed by atoms with Crippen LogP contribution in [0.3, 0.4) is 0 Å². The fourth-order valence-electron chi connectivity index (χ4n) is 3.24. The molecule has 0 amide bonds. The van der Waals surface area contributed by atoms with Gasteiger partial charge in [0.15, 0.2) is 0 Å². The number of nitrogens with zero attached hydrogens (tertiary/aromatic N) is 1. The molecule has 1 aliphatic carbocycles. The molecule has 100 valence electrons. The summed E-state index contributed by atoms with van der Waals surface area (Å²) in [6.45, 7) is 5.37. The van der Waals surface area contributed by atoms with Gasteiger partial charge < -0.3 is 5.73 Å². The molecule has 0 aromatic rings. The first-order valence-electron chi connectivity index (χ1n) is 6.60. The topological polar surface area (TPSA) is 63.4 Å². The average Bonchev–Trinajstić information content (AvgIpc) is 2.54. The van der Waals surface area contributed by atoms with E-state index in [2.05, 4.69) is 6.92 Å². The molecular formula is C12H24N2O2S. The Bertz CT molecular complexity index is 372. The van der Waals surface area contributed by atoms with Crippen molar-refractivity contribution in [2.75, 3.05) is 18.8 Å². The lowest BCUT2D eigenvalue weighted by Crippen LogP contribution is -2.56.